The van der Waals surface area contributed by atoms with Gasteiger partial charge in [-0.05, 0) is 31.2 Å². The Morgan fingerprint density at radius 3 is 2.74 bits per heavy atom. The van der Waals surface area contributed by atoms with Gasteiger partial charge in [0.1, 0.15) is 23.4 Å². The van der Waals surface area contributed by atoms with Crippen molar-refractivity contribution in [3.8, 4) is 11.3 Å². The largest absolute Gasteiger partial charge is 0.437 e. The number of furan rings is 1. The lowest BCUT2D eigenvalue weighted by Gasteiger charge is -2.02. The highest BCUT2D eigenvalue weighted by Gasteiger charge is 2.18. The Bertz CT molecular complexity index is 966. The van der Waals surface area contributed by atoms with Crippen molar-refractivity contribution < 1.29 is 4.42 Å². The van der Waals surface area contributed by atoms with E-state index in [0.29, 0.717) is 21.7 Å². The molecule has 0 spiro atoms. The van der Waals surface area contributed by atoms with Crippen LogP contribution in [0.3, 0.4) is 0 Å². The van der Waals surface area contributed by atoms with E-state index in [0.717, 1.165) is 22.3 Å². The Balaban J connectivity index is 1.86. The van der Waals surface area contributed by atoms with Crippen LogP contribution in [0.25, 0.3) is 22.4 Å². The van der Waals surface area contributed by atoms with Gasteiger partial charge in [0.05, 0.1) is 5.39 Å². The van der Waals surface area contributed by atoms with E-state index in [1.807, 2.05) is 31.2 Å². The molecule has 4 rings (SSSR count). The molecular weight excluding hydrogens is 334 g/mol. The zero-order chi connectivity index (χ0) is 15.8. The number of rotatable bonds is 3. The highest BCUT2D eigenvalue weighted by atomic mass is 35.5. The number of nitrogens with zero attached hydrogens (tertiary/aromatic N) is 4. The maximum atomic E-state index is 5.95. The first-order valence-electron chi connectivity index (χ1n) is 6.75. The summed E-state index contributed by atoms with van der Waals surface area (Å²) >= 11 is 7.35. The third-order valence-electron chi connectivity index (χ3n) is 3.42. The van der Waals surface area contributed by atoms with Crippen LogP contribution in [0.4, 0.5) is 10.9 Å². The topological polar surface area (TPSA) is 76.7 Å². The van der Waals surface area contributed by atoms with Crippen LogP contribution in [-0.2, 0) is 0 Å². The minimum absolute atomic E-state index is 0.523. The van der Waals surface area contributed by atoms with E-state index >= 15 is 0 Å². The quantitative estimate of drug-likeness (QED) is 0.592. The van der Waals surface area contributed by atoms with Crippen molar-refractivity contribution in [1.29, 1.82) is 0 Å². The number of nitrogens with one attached hydrogen (secondary N) is 1. The van der Waals surface area contributed by atoms with Crippen LogP contribution in [0, 0.1) is 6.92 Å². The molecule has 1 N–H and O–H groups in total. The summed E-state index contributed by atoms with van der Waals surface area (Å²) in [4.78, 5) is 8.52. The number of halogens is 1. The lowest BCUT2D eigenvalue weighted by molar-refractivity contribution is 0.615. The van der Waals surface area contributed by atoms with Crippen LogP contribution in [0.5, 0.6) is 0 Å². The van der Waals surface area contributed by atoms with Gasteiger partial charge >= 0.3 is 0 Å². The molecule has 0 aliphatic rings. The molecule has 0 bridgehead atoms. The molecule has 3 aromatic heterocycles. The molecule has 1 aromatic carbocycles. The van der Waals surface area contributed by atoms with Crippen molar-refractivity contribution >= 4 is 45.0 Å². The van der Waals surface area contributed by atoms with E-state index in [-0.39, 0.29) is 0 Å². The van der Waals surface area contributed by atoms with Crippen molar-refractivity contribution in [2.24, 2.45) is 0 Å². The third-order valence-corrected chi connectivity index (χ3v) is 4.28. The van der Waals surface area contributed by atoms with Gasteiger partial charge in [-0.15, -0.1) is 10.2 Å². The smallest absolute Gasteiger partial charge is 0.232 e. The average Bonchev–Trinajstić information content (AvgIpc) is 3.17. The van der Waals surface area contributed by atoms with Crippen LogP contribution in [0.2, 0.25) is 5.02 Å². The average molecular weight is 344 g/mol. The third kappa shape index (κ3) is 2.54. The second-order valence-electron chi connectivity index (χ2n) is 4.83. The van der Waals surface area contributed by atoms with E-state index in [2.05, 4.69) is 25.5 Å². The summed E-state index contributed by atoms with van der Waals surface area (Å²) in [6.07, 6.45) is 1.46. The van der Waals surface area contributed by atoms with Gasteiger partial charge in [0.15, 0.2) is 0 Å². The molecule has 0 unspecified atom stereocenters. The van der Waals surface area contributed by atoms with E-state index in [1.54, 1.807) is 5.51 Å². The molecule has 0 atom stereocenters. The summed E-state index contributed by atoms with van der Waals surface area (Å²) in [5.74, 6) is 1.39. The molecule has 6 nitrogen and oxygen atoms in total. The van der Waals surface area contributed by atoms with Gasteiger partial charge in [0.2, 0.25) is 10.8 Å². The zero-order valence-corrected chi connectivity index (χ0v) is 13.5. The highest BCUT2D eigenvalue weighted by Crippen LogP contribution is 2.36. The summed E-state index contributed by atoms with van der Waals surface area (Å²) in [6, 6.07) is 7.49. The number of fused-ring (bicyclic) bond motifs is 1. The lowest BCUT2D eigenvalue weighted by atomic mass is 10.1. The summed E-state index contributed by atoms with van der Waals surface area (Å²) in [7, 11) is 0. The fourth-order valence-corrected chi connectivity index (χ4v) is 2.94. The normalized spacial score (nSPS) is 11.0. The molecule has 4 aromatic rings. The summed E-state index contributed by atoms with van der Waals surface area (Å²) in [6.45, 7) is 1.98. The summed E-state index contributed by atoms with van der Waals surface area (Å²) in [5, 5.41) is 13.1. The Labute approximate surface area is 140 Å². The molecule has 3 heterocycles. The Hall–Kier alpha value is -2.51. The van der Waals surface area contributed by atoms with Gasteiger partial charge in [-0.1, -0.05) is 22.9 Å². The first kappa shape index (κ1) is 14.1. The van der Waals surface area contributed by atoms with Crippen LogP contribution in [0.15, 0.2) is 40.5 Å². The van der Waals surface area contributed by atoms with Crippen LogP contribution >= 0.6 is 22.9 Å². The standard InChI is InChI=1S/C15H10ClN5OS/c1-8-11-13(20-15-21-19-7-23-15)17-6-18-14(11)22-12(8)9-2-4-10(16)5-3-9/h2-7H,1H3,(H,17,18,20,21). The Kier molecular flexibility index (Phi) is 3.44. The number of hydrogen-bond acceptors (Lipinski definition) is 7. The minimum Gasteiger partial charge on any atom is -0.437 e. The van der Waals surface area contributed by atoms with E-state index in [4.69, 9.17) is 16.0 Å². The molecule has 8 heteroatoms. The predicted octanol–water partition coefficient (Wildman–Crippen LogP) is 4.45. The van der Waals surface area contributed by atoms with Gasteiger partial charge in [-0.2, -0.15) is 0 Å². The Morgan fingerprint density at radius 1 is 1.17 bits per heavy atom. The first-order valence-corrected chi connectivity index (χ1v) is 8.01. The second kappa shape index (κ2) is 5.60. The van der Waals surface area contributed by atoms with Crippen molar-refractivity contribution in [3.05, 3.63) is 46.7 Å². The van der Waals surface area contributed by atoms with E-state index in [9.17, 15) is 0 Å². The molecule has 0 aliphatic heterocycles. The maximum absolute atomic E-state index is 5.95. The second-order valence-corrected chi connectivity index (χ2v) is 6.10. The maximum Gasteiger partial charge on any atom is 0.232 e. The minimum atomic E-state index is 0.523. The van der Waals surface area contributed by atoms with E-state index in [1.165, 1.54) is 17.7 Å². The molecule has 23 heavy (non-hydrogen) atoms. The first-order chi connectivity index (χ1) is 11.2. The molecule has 0 amide bonds. The summed E-state index contributed by atoms with van der Waals surface area (Å²) < 4.78 is 5.92. The Morgan fingerprint density at radius 2 is 2.00 bits per heavy atom. The van der Waals surface area contributed by atoms with Crippen LogP contribution in [-0.4, -0.2) is 20.2 Å². The number of benzene rings is 1. The van der Waals surface area contributed by atoms with Gasteiger partial charge in [-0.25, -0.2) is 9.97 Å². The van der Waals surface area contributed by atoms with Crippen molar-refractivity contribution in [1.82, 2.24) is 20.2 Å². The van der Waals surface area contributed by atoms with Gasteiger partial charge in [0, 0.05) is 16.1 Å². The van der Waals surface area contributed by atoms with Crippen molar-refractivity contribution in [2.45, 2.75) is 6.92 Å². The number of aromatic nitrogens is 4. The highest BCUT2D eigenvalue weighted by molar-refractivity contribution is 7.13. The molecule has 0 aliphatic carbocycles. The molecule has 0 radical (unpaired) electrons. The van der Waals surface area contributed by atoms with Crippen molar-refractivity contribution in [3.63, 3.8) is 0 Å². The molecule has 0 saturated heterocycles. The number of anilines is 2. The van der Waals surface area contributed by atoms with Crippen LogP contribution in [0.1, 0.15) is 5.56 Å². The van der Waals surface area contributed by atoms with Gasteiger partial charge in [0.25, 0.3) is 0 Å². The molecular formula is C15H10ClN5OS. The predicted molar refractivity (Wildman–Crippen MR) is 90.2 cm³/mol. The van der Waals surface area contributed by atoms with E-state index < -0.39 is 0 Å². The number of aryl methyl sites for hydroxylation is 1. The summed E-state index contributed by atoms with van der Waals surface area (Å²) in [5.41, 5.74) is 4.07. The molecule has 0 saturated carbocycles. The molecule has 0 fully saturated rings. The van der Waals surface area contributed by atoms with Gasteiger partial charge < -0.3 is 9.73 Å². The lowest BCUT2D eigenvalue weighted by Crippen LogP contribution is -1.95. The van der Waals surface area contributed by atoms with Gasteiger partial charge in [-0.3, -0.25) is 0 Å². The number of hydrogen-bond donors (Lipinski definition) is 1. The fourth-order valence-electron chi connectivity index (χ4n) is 2.37. The zero-order valence-electron chi connectivity index (χ0n) is 11.9. The fraction of sp³-hybridized carbons (Fsp3) is 0.0667. The van der Waals surface area contributed by atoms with Crippen LogP contribution < -0.4 is 5.32 Å². The monoisotopic (exact) mass is 343 g/mol. The van der Waals surface area contributed by atoms with Crippen molar-refractivity contribution in [2.75, 3.05) is 5.32 Å². The molecule has 114 valence electrons. The SMILES string of the molecule is Cc1c(-c2ccc(Cl)cc2)oc2ncnc(Nc3nncs3)c12.